The van der Waals surface area contributed by atoms with Crippen molar-refractivity contribution in [1.82, 2.24) is 14.5 Å². The lowest BCUT2D eigenvalue weighted by Crippen LogP contribution is -2.39. The third kappa shape index (κ3) is 4.22. The van der Waals surface area contributed by atoms with Gasteiger partial charge in [0.05, 0.1) is 1.37 Å². The molecule has 2 aromatic heterocycles. The normalized spacial score (nSPS) is 26.6. The molecular weight excluding hydrogens is 422 g/mol. The number of hydrogen-bond donors (Lipinski definition) is 6. The van der Waals surface area contributed by atoms with Crippen LogP contribution in [0.3, 0.4) is 0 Å². The maximum atomic E-state index is 12.4. The molecular formula is C20H23N5O7. The largest absolute Gasteiger partial charge is 0.462 e. The van der Waals surface area contributed by atoms with Crippen LogP contribution in [0.2, 0.25) is 0 Å². The second kappa shape index (κ2) is 9.06. The van der Waals surface area contributed by atoms with Crippen molar-refractivity contribution in [1.29, 1.82) is 0 Å². The lowest BCUT2D eigenvalue weighted by molar-refractivity contribution is -0.151. The number of anilines is 1. The van der Waals surface area contributed by atoms with Crippen LogP contribution in [0.1, 0.15) is 13.1 Å². The highest BCUT2D eigenvalue weighted by molar-refractivity contribution is 5.84. The first-order chi connectivity index (χ1) is 15.7. The first kappa shape index (κ1) is 20.6. The summed E-state index contributed by atoms with van der Waals surface area (Å²) in [6.07, 6.45) is -4.20. The maximum Gasteiger partial charge on any atom is 0.351 e. The minimum absolute atomic E-state index is 0.178. The van der Waals surface area contributed by atoms with Crippen molar-refractivity contribution in [2.75, 3.05) is 12.1 Å². The summed E-state index contributed by atoms with van der Waals surface area (Å²) in [5, 5.41) is 30.4. The van der Waals surface area contributed by atoms with Crippen molar-refractivity contribution in [2.24, 2.45) is 5.73 Å². The monoisotopic (exact) mass is 446 g/mol. The molecule has 0 aliphatic carbocycles. The molecule has 4 rings (SSSR count). The number of carbonyl (C=O) groups is 1. The van der Waals surface area contributed by atoms with E-state index in [1.54, 1.807) is 11.7 Å². The number of aliphatic hydroxyl groups excluding tert-OH is 2. The molecule has 7 N–H and O–H groups in total. The average Bonchev–Trinajstić information content (AvgIpc) is 3.31. The molecule has 1 aliphatic rings. The van der Waals surface area contributed by atoms with Crippen LogP contribution in [0, 0.1) is 0 Å². The fraction of sp³-hybridized carbons (Fsp3) is 0.350. The number of ether oxygens (including phenoxy) is 2. The van der Waals surface area contributed by atoms with E-state index in [-0.39, 0.29) is 12.2 Å². The fourth-order valence-electron chi connectivity index (χ4n) is 3.50. The van der Waals surface area contributed by atoms with Gasteiger partial charge >= 0.3 is 11.7 Å². The molecule has 0 amide bonds. The Bertz CT molecular complexity index is 1220. The molecule has 1 fully saturated rings. The van der Waals surface area contributed by atoms with Crippen LogP contribution in [0.15, 0.2) is 47.5 Å². The van der Waals surface area contributed by atoms with Crippen LogP contribution in [-0.2, 0) is 20.7 Å². The minimum atomic E-state index is -2.43. The summed E-state index contributed by atoms with van der Waals surface area (Å²) in [6.45, 7) is -0.502. The SMILES string of the molecule is [2H][C@@]1(n2ccc(NO)nc2=O)O[C@H](COC(=O)[C@H](N)Cc2c[nH]c3ccccc23)[C@@H](O)[C@H]1O. The van der Waals surface area contributed by atoms with Gasteiger partial charge in [-0.25, -0.2) is 4.79 Å². The first-order valence-corrected chi connectivity index (χ1v) is 9.76. The molecule has 1 saturated heterocycles. The van der Waals surface area contributed by atoms with Gasteiger partial charge in [0.25, 0.3) is 0 Å². The van der Waals surface area contributed by atoms with E-state index in [0.717, 1.165) is 28.7 Å². The number of aromatic nitrogens is 3. The zero-order chi connectivity index (χ0) is 23.8. The zero-order valence-electron chi connectivity index (χ0n) is 17.7. The van der Waals surface area contributed by atoms with Gasteiger partial charge in [0.15, 0.2) is 12.0 Å². The summed E-state index contributed by atoms with van der Waals surface area (Å²) in [5.41, 5.74) is 8.39. The number of hydrogen-bond acceptors (Lipinski definition) is 10. The van der Waals surface area contributed by atoms with Gasteiger partial charge in [0.1, 0.15) is 31.0 Å². The second-order valence-electron chi connectivity index (χ2n) is 7.31. The molecule has 0 radical (unpaired) electrons. The van der Waals surface area contributed by atoms with E-state index in [9.17, 15) is 19.8 Å². The van der Waals surface area contributed by atoms with Gasteiger partial charge in [-0.15, -0.1) is 0 Å². The predicted molar refractivity (Wildman–Crippen MR) is 111 cm³/mol. The van der Waals surface area contributed by atoms with Crippen LogP contribution < -0.4 is 16.9 Å². The van der Waals surface area contributed by atoms with Crippen LogP contribution in [-0.4, -0.2) is 66.9 Å². The Morgan fingerprint density at radius 1 is 1.38 bits per heavy atom. The molecule has 170 valence electrons. The minimum Gasteiger partial charge on any atom is -0.462 e. The van der Waals surface area contributed by atoms with Gasteiger partial charge < -0.3 is 30.4 Å². The second-order valence-corrected chi connectivity index (χ2v) is 7.31. The van der Waals surface area contributed by atoms with Crippen molar-refractivity contribution in [3.63, 3.8) is 0 Å². The topological polar surface area (TPSA) is 185 Å². The van der Waals surface area contributed by atoms with Gasteiger partial charge in [-0.2, -0.15) is 4.98 Å². The highest BCUT2D eigenvalue weighted by Gasteiger charge is 2.44. The highest BCUT2D eigenvalue weighted by atomic mass is 16.6. The zero-order valence-corrected chi connectivity index (χ0v) is 16.7. The molecule has 0 saturated carbocycles. The Morgan fingerprint density at radius 3 is 2.91 bits per heavy atom. The number of fused-ring (bicyclic) bond motifs is 1. The van der Waals surface area contributed by atoms with E-state index in [2.05, 4.69) is 9.97 Å². The van der Waals surface area contributed by atoms with Gasteiger partial charge in [-0.1, -0.05) is 18.2 Å². The smallest absolute Gasteiger partial charge is 0.351 e. The Kier molecular flexibility index (Phi) is 5.83. The van der Waals surface area contributed by atoms with E-state index in [0.29, 0.717) is 4.57 Å². The van der Waals surface area contributed by atoms with E-state index < -0.39 is 48.8 Å². The fourth-order valence-corrected chi connectivity index (χ4v) is 3.50. The van der Waals surface area contributed by atoms with E-state index in [1.807, 2.05) is 24.3 Å². The number of aromatic amines is 1. The molecule has 3 heterocycles. The number of H-pyrrole nitrogens is 1. The van der Waals surface area contributed by atoms with Gasteiger partial charge in [-0.3, -0.25) is 20.0 Å². The number of para-hydroxylation sites is 1. The third-order valence-electron chi connectivity index (χ3n) is 5.19. The number of carbonyl (C=O) groups excluding carboxylic acids is 1. The maximum absolute atomic E-state index is 12.4. The quantitative estimate of drug-likeness (QED) is 0.199. The Labute approximate surface area is 182 Å². The summed E-state index contributed by atoms with van der Waals surface area (Å²) in [5.74, 6) is -0.937. The van der Waals surface area contributed by atoms with E-state index in [4.69, 9.17) is 21.8 Å². The van der Waals surface area contributed by atoms with E-state index in [1.165, 1.54) is 0 Å². The number of esters is 1. The summed E-state index contributed by atoms with van der Waals surface area (Å²) in [6, 6.07) is 7.71. The molecule has 3 aromatic rings. The molecule has 5 atom stereocenters. The third-order valence-corrected chi connectivity index (χ3v) is 5.19. The van der Waals surface area contributed by atoms with Crippen LogP contribution in [0.4, 0.5) is 5.82 Å². The number of nitrogens with one attached hydrogen (secondary N) is 2. The molecule has 12 heteroatoms. The Balaban J connectivity index is 1.41. The van der Waals surface area contributed by atoms with Crippen LogP contribution in [0.25, 0.3) is 10.9 Å². The van der Waals surface area contributed by atoms with Crippen molar-refractivity contribution >= 4 is 22.7 Å². The molecule has 32 heavy (non-hydrogen) atoms. The highest BCUT2D eigenvalue weighted by Crippen LogP contribution is 2.29. The molecule has 1 aromatic carbocycles. The van der Waals surface area contributed by atoms with Crippen LogP contribution >= 0.6 is 0 Å². The number of benzene rings is 1. The van der Waals surface area contributed by atoms with Gasteiger partial charge in [0, 0.05) is 29.7 Å². The molecule has 12 nitrogen and oxygen atoms in total. The molecule has 0 bridgehead atoms. The number of nitrogens with two attached hydrogens (primary N) is 1. The Morgan fingerprint density at radius 2 is 2.16 bits per heavy atom. The number of nitrogens with zero attached hydrogens (tertiary/aromatic N) is 2. The molecule has 0 unspecified atom stereocenters. The van der Waals surface area contributed by atoms with Crippen LogP contribution in [0.5, 0.6) is 0 Å². The van der Waals surface area contributed by atoms with Crippen molar-refractivity contribution < 1.29 is 31.1 Å². The molecule has 1 aliphatic heterocycles. The summed E-state index contributed by atoms with van der Waals surface area (Å²) in [7, 11) is 0. The van der Waals surface area contributed by atoms with Gasteiger partial charge in [0.2, 0.25) is 0 Å². The standard InChI is InChI=1S/C20H23N5O7/c21-12(7-10-8-22-13-4-2-1-3-11(10)13)19(28)31-9-14-16(26)17(27)18(32-14)25-6-5-15(24-30)23-20(25)29/h1-6,8,12,14,16-18,22,26-27,30H,7,9,21H2,(H,23,24,29)/t12-,14-,16-,17-,18-/m1/s1/i18D. The van der Waals surface area contributed by atoms with E-state index >= 15 is 0 Å². The van der Waals surface area contributed by atoms with Gasteiger partial charge in [-0.05, 0) is 17.7 Å². The number of rotatable bonds is 7. The predicted octanol–water partition coefficient (Wildman–Crippen LogP) is -0.742. The first-order valence-electron chi connectivity index (χ1n) is 10.3. The lowest BCUT2D eigenvalue weighted by Gasteiger charge is -2.17. The average molecular weight is 446 g/mol. The Hall–Kier alpha value is -3.29. The molecule has 0 spiro atoms. The summed E-state index contributed by atoms with van der Waals surface area (Å²) >= 11 is 0. The van der Waals surface area contributed by atoms with Crippen molar-refractivity contribution in [3.05, 3.63) is 58.8 Å². The number of aliphatic hydroxyl groups is 2. The van der Waals surface area contributed by atoms with Crippen molar-refractivity contribution in [3.8, 4) is 0 Å². The van der Waals surface area contributed by atoms with Crippen molar-refractivity contribution in [2.45, 2.75) is 37.0 Å². The summed E-state index contributed by atoms with van der Waals surface area (Å²) < 4.78 is 19.6. The summed E-state index contributed by atoms with van der Waals surface area (Å²) in [4.78, 5) is 31.1. The lowest BCUT2D eigenvalue weighted by atomic mass is 10.1.